The van der Waals surface area contributed by atoms with Gasteiger partial charge in [-0.05, 0) is 42.2 Å². The first-order valence-corrected chi connectivity index (χ1v) is 7.93. The second-order valence-electron chi connectivity index (χ2n) is 5.78. The third kappa shape index (κ3) is 2.82. The average Bonchev–Trinajstić information content (AvgIpc) is 3.22. The molecule has 0 bridgehead atoms. The Kier molecular flexibility index (Phi) is 3.54. The fourth-order valence-electron chi connectivity index (χ4n) is 2.91. The van der Waals surface area contributed by atoms with E-state index in [-0.39, 0.29) is 24.4 Å². The fraction of sp³-hybridized carbons (Fsp3) is 0.222. The van der Waals surface area contributed by atoms with Gasteiger partial charge in [0.05, 0.1) is 11.6 Å². The monoisotopic (exact) mass is 326 g/mol. The van der Waals surface area contributed by atoms with Crippen molar-refractivity contribution in [2.75, 3.05) is 0 Å². The Morgan fingerprint density at radius 3 is 2.91 bits per heavy atom. The standard InChI is InChI=1S/C18H15ClN2O2/c19-13-6-4-12(5-7-13)15-10-16(15)18(22)23-11-14-2-1-3-17-20-8-9-21(14)17/h1-9,15-16H,10-11H2/t15-,16+/m0/s1. The van der Waals surface area contributed by atoms with E-state index in [0.717, 1.165) is 23.3 Å². The normalized spacial score (nSPS) is 19.7. The van der Waals surface area contributed by atoms with Crippen molar-refractivity contribution in [3.8, 4) is 0 Å². The minimum Gasteiger partial charge on any atom is -0.459 e. The number of benzene rings is 1. The van der Waals surface area contributed by atoms with Crippen molar-refractivity contribution in [2.45, 2.75) is 18.9 Å². The van der Waals surface area contributed by atoms with Crippen molar-refractivity contribution in [1.29, 1.82) is 0 Å². The molecule has 4 rings (SSSR count). The molecule has 1 saturated carbocycles. The molecule has 1 aliphatic carbocycles. The molecule has 0 saturated heterocycles. The molecular formula is C18H15ClN2O2. The lowest BCUT2D eigenvalue weighted by atomic mass is 10.1. The van der Waals surface area contributed by atoms with E-state index in [0.29, 0.717) is 5.02 Å². The van der Waals surface area contributed by atoms with E-state index in [1.54, 1.807) is 6.20 Å². The number of nitrogens with zero attached hydrogens (tertiary/aromatic N) is 2. The minimum absolute atomic E-state index is 0.0434. The van der Waals surface area contributed by atoms with Crippen LogP contribution in [0.15, 0.2) is 54.9 Å². The van der Waals surface area contributed by atoms with Crippen LogP contribution in [0.2, 0.25) is 5.02 Å². The summed E-state index contributed by atoms with van der Waals surface area (Å²) in [6.07, 6.45) is 4.44. The number of rotatable bonds is 4. The average molecular weight is 327 g/mol. The topological polar surface area (TPSA) is 43.6 Å². The number of aromatic nitrogens is 2. The van der Waals surface area contributed by atoms with E-state index in [2.05, 4.69) is 4.98 Å². The highest BCUT2D eigenvalue weighted by atomic mass is 35.5. The van der Waals surface area contributed by atoms with Crippen LogP contribution in [0, 0.1) is 5.92 Å². The predicted molar refractivity (Wildman–Crippen MR) is 87.3 cm³/mol. The van der Waals surface area contributed by atoms with Crippen molar-refractivity contribution in [3.63, 3.8) is 0 Å². The van der Waals surface area contributed by atoms with Crippen LogP contribution in [0.4, 0.5) is 0 Å². The van der Waals surface area contributed by atoms with E-state index >= 15 is 0 Å². The maximum atomic E-state index is 12.2. The molecule has 2 atom stereocenters. The largest absolute Gasteiger partial charge is 0.459 e. The van der Waals surface area contributed by atoms with Gasteiger partial charge in [-0.25, -0.2) is 4.98 Å². The number of esters is 1. The van der Waals surface area contributed by atoms with Crippen LogP contribution in [0.1, 0.15) is 23.6 Å². The highest BCUT2D eigenvalue weighted by Gasteiger charge is 2.45. The van der Waals surface area contributed by atoms with Gasteiger partial charge in [-0.2, -0.15) is 0 Å². The molecule has 4 nitrogen and oxygen atoms in total. The van der Waals surface area contributed by atoms with Gasteiger partial charge in [-0.15, -0.1) is 0 Å². The number of imidazole rings is 1. The first kappa shape index (κ1) is 14.3. The molecule has 0 unspecified atom stereocenters. The van der Waals surface area contributed by atoms with E-state index < -0.39 is 0 Å². The van der Waals surface area contributed by atoms with E-state index in [1.165, 1.54) is 0 Å². The van der Waals surface area contributed by atoms with Gasteiger partial charge in [-0.3, -0.25) is 4.79 Å². The Labute approximate surface area is 138 Å². The van der Waals surface area contributed by atoms with Gasteiger partial charge in [0, 0.05) is 17.4 Å². The molecule has 5 heteroatoms. The molecule has 1 aliphatic rings. The maximum Gasteiger partial charge on any atom is 0.309 e. The summed E-state index contributed by atoms with van der Waals surface area (Å²) >= 11 is 5.89. The summed E-state index contributed by atoms with van der Waals surface area (Å²) in [5.41, 5.74) is 2.91. The number of ether oxygens (including phenoxy) is 1. The highest BCUT2D eigenvalue weighted by Crippen LogP contribution is 2.48. The van der Waals surface area contributed by atoms with Crippen LogP contribution in [0.25, 0.3) is 5.65 Å². The van der Waals surface area contributed by atoms with Gasteiger partial charge in [-0.1, -0.05) is 29.8 Å². The number of hydrogen-bond donors (Lipinski definition) is 0. The maximum absolute atomic E-state index is 12.2. The molecule has 0 aliphatic heterocycles. The van der Waals surface area contributed by atoms with Gasteiger partial charge in [0.25, 0.3) is 0 Å². The number of halogens is 1. The first-order valence-electron chi connectivity index (χ1n) is 7.55. The van der Waals surface area contributed by atoms with Gasteiger partial charge in [0.1, 0.15) is 12.3 Å². The molecule has 23 heavy (non-hydrogen) atoms. The molecule has 2 aromatic heterocycles. The van der Waals surface area contributed by atoms with Gasteiger partial charge in [0.2, 0.25) is 0 Å². The Balaban J connectivity index is 1.40. The van der Waals surface area contributed by atoms with Crippen LogP contribution in [0.3, 0.4) is 0 Å². The zero-order valence-electron chi connectivity index (χ0n) is 12.4. The fourth-order valence-corrected chi connectivity index (χ4v) is 3.04. The highest BCUT2D eigenvalue weighted by molar-refractivity contribution is 6.30. The molecule has 0 amide bonds. The van der Waals surface area contributed by atoms with Crippen LogP contribution in [-0.2, 0) is 16.1 Å². The Morgan fingerprint density at radius 1 is 1.26 bits per heavy atom. The molecule has 1 aromatic carbocycles. The van der Waals surface area contributed by atoms with Crippen molar-refractivity contribution < 1.29 is 9.53 Å². The van der Waals surface area contributed by atoms with Crippen LogP contribution < -0.4 is 0 Å². The summed E-state index contributed by atoms with van der Waals surface area (Å²) in [5, 5.41) is 0.710. The molecular weight excluding hydrogens is 312 g/mol. The summed E-state index contributed by atoms with van der Waals surface area (Å²) in [6.45, 7) is 0.260. The van der Waals surface area contributed by atoms with Crippen molar-refractivity contribution >= 4 is 23.2 Å². The Morgan fingerprint density at radius 2 is 2.09 bits per heavy atom. The van der Waals surface area contributed by atoms with E-state index in [1.807, 2.05) is 53.1 Å². The molecule has 0 spiro atoms. The lowest BCUT2D eigenvalue weighted by molar-refractivity contribution is -0.146. The van der Waals surface area contributed by atoms with Crippen LogP contribution in [-0.4, -0.2) is 15.4 Å². The third-order valence-electron chi connectivity index (χ3n) is 4.27. The molecule has 3 aromatic rings. The predicted octanol–water partition coefficient (Wildman–Crippen LogP) is 3.83. The van der Waals surface area contributed by atoms with Gasteiger partial charge < -0.3 is 9.14 Å². The van der Waals surface area contributed by atoms with Crippen LogP contribution >= 0.6 is 11.6 Å². The van der Waals surface area contributed by atoms with Crippen LogP contribution in [0.5, 0.6) is 0 Å². The van der Waals surface area contributed by atoms with E-state index in [9.17, 15) is 4.79 Å². The minimum atomic E-state index is -0.137. The summed E-state index contributed by atoms with van der Waals surface area (Å²) in [7, 11) is 0. The zero-order chi connectivity index (χ0) is 15.8. The quantitative estimate of drug-likeness (QED) is 0.684. The lowest BCUT2D eigenvalue weighted by Crippen LogP contribution is -2.09. The third-order valence-corrected chi connectivity index (χ3v) is 4.52. The SMILES string of the molecule is O=C(OCc1cccc2nccn12)[C@@H]1C[C@H]1c1ccc(Cl)cc1. The molecule has 2 heterocycles. The number of fused-ring (bicyclic) bond motifs is 1. The summed E-state index contributed by atoms with van der Waals surface area (Å²) in [5.74, 6) is 0.0732. The van der Waals surface area contributed by atoms with Gasteiger partial charge in [0.15, 0.2) is 0 Å². The summed E-state index contributed by atoms with van der Waals surface area (Å²) in [6, 6.07) is 13.4. The number of pyridine rings is 1. The summed E-state index contributed by atoms with van der Waals surface area (Å²) < 4.78 is 7.42. The lowest BCUT2D eigenvalue weighted by Gasteiger charge is -2.07. The van der Waals surface area contributed by atoms with Crippen molar-refractivity contribution in [1.82, 2.24) is 9.38 Å². The smallest absolute Gasteiger partial charge is 0.309 e. The molecule has 0 N–H and O–H groups in total. The van der Waals surface area contributed by atoms with E-state index in [4.69, 9.17) is 16.3 Å². The van der Waals surface area contributed by atoms with Crippen molar-refractivity contribution in [2.24, 2.45) is 5.92 Å². The second-order valence-corrected chi connectivity index (χ2v) is 6.22. The summed E-state index contributed by atoms with van der Waals surface area (Å²) in [4.78, 5) is 16.5. The molecule has 1 fully saturated rings. The second kappa shape index (κ2) is 5.70. The number of carbonyl (C=O) groups excluding carboxylic acids is 1. The molecule has 116 valence electrons. The number of hydrogen-bond acceptors (Lipinski definition) is 3. The number of carbonyl (C=O) groups is 1. The Hall–Kier alpha value is -2.33. The first-order chi connectivity index (χ1) is 11.2. The van der Waals surface area contributed by atoms with Gasteiger partial charge >= 0.3 is 5.97 Å². The van der Waals surface area contributed by atoms with Crippen molar-refractivity contribution in [3.05, 3.63) is 71.1 Å². The Bertz CT molecular complexity index is 857. The molecule has 0 radical (unpaired) electrons. The zero-order valence-corrected chi connectivity index (χ0v) is 13.1.